The molecule has 8 nitrogen and oxygen atoms in total. The Bertz CT molecular complexity index is 1200. The van der Waals surface area contributed by atoms with Crippen LogP contribution in [0.15, 0.2) is 35.9 Å². The number of fused-ring (bicyclic) bond motifs is 5. The van der Waals surface area contributed by atoms with Crippen molar-refractivity contribution in [2.45, 2.75) is 120 Å². The Morgan fingerprint density at radius 3 is 2.51 bits per heavy atom. The van der Waals surface area contributed by atoms with Crippen LogP contribution in [-0.4, -0.2) is 75.9 Å². The first-order valence-corrected chi connectivity index (χ1v) is 15.4. The minimum atomic E-state index is -1.31. The second-order valence-electron chi connectivity index (χ2n) is 13.8. The zero-order valence-corrected chi connectivity index (χ0v) is 24.7. The van der Waals surface area contributed by atoms with Crippen molar-refractivity contribution in [1.29, 1.82) is 0 Å². The van der Waals surface area contributed by atoms with Crippen LogP contribution in [0.25, 0.3) is 0 Å². The van der Waals surface area contributed by atoms with Gasteiger partial charge in [0.05, 0.1) is 30.5 Å². The second-order valence-corrected chi connectivity index (χ2v) is 13.8. The van der Waals surface area contributed by atoms with Crippen molar-refractivity contribution >= 4 is 5.97 Å². The molecule has 5 aliphatic rings. The minimum absolute atomic E-state index is 0.0300. The molecule has 1 saturated heterocycles. The summed E-state index contributed by atoms with van der Waals surface area (Å²) in [5, 5.41) is 43.3. The summed E-state index contributed by atoms with van der Waals surface area (Å²) in [6.07, 6.45) is 3.72. The Balaban J connectivity index is 1.21. The van der Waals surface area contributed by atoms with Gasteiger partial charge in [-0.2, -0.15) is 0 Å². The van der Waals surface area contributed by atoms with E-state index in [2.05, 4.69) is 26.0 Å². The number of esters is 1. The first kappa shape index (κ1) is 29.3. The molecule has 1 aromatic rings. The third-order valence-corrected chi connectivity index (χ3v) is 12.1. The highest BCUT2D eigenvalue weighted by atomic mass is 16.7. The summed E-state index contributed by atoms with van der Waals surface area (Å²) in [6.45, 7) is 6.29. The van der Waals surface area contributed by atoms with Gasteiger partial charge in [0.15, 0.2) is 6.29 Å². The lowest BCUT2D eigenvalue weighted by molar-refractivity contribution is -0.301. The smallest absolute Gasteiger partial charge is 0.337 e. The average Bonchev–Trinajstić information content (AvgIpc) is 3.25. The summed E-state index contributed by atoms with van der Waals surface area (Å²) in [4.78, 5) is 12.2. The predicted octanol–water partition coefficient (Wildman–Crippen LogP) is 3.85. The summed E-state index contributed by atoms with van der Waals surface area (Å²) in [7, 11) is 1.40. The normalized spacial score (nSPS) is 47.5. The monoisotopic (exact) mass is 570 g/mol. The molecule has 12 atom stereocenters. The maximum atomic E-state index is 12.6. The van der Waals surface area contributed by atoms with Crippen molar-refractivity contribution in [3.63, 3.8) is 0 Å². The fraction of sp³-hybridized carbons (Fsp3) is 0.727. The zero-order valence-electron chi connectivity index (χ0n) is 24.7. The number of aliphatic hydroxyl groups is 4. The molecule has 4 aliphatic carbocycles. The molecule has 1 aromatic carbocycles. The molecule has 1 aliphatic heterocycles. The Labute approximate surface area is 242 Å². The van der Waals surface area contributed by atoms with Gasteiger partial charge in [-0.05, 0) is 99.2 Å². The summed E-state index contributed by atoms with van der Waals surface area (Å²) < 4.78 is 16.8. The highest BCUT2D eigenvalue weighted by molar-refractivity contribution is 5.89. The summed E-state index contributed by atoms with van der Waals surface area (Å²) in [5.74, 6) is 0.428. The molecule has 0 radical (unpaired) electrons. The molecule has 0 amide bonds. The van der Waals surface area contributed by atoms with Gasteiger partial charge in [-0.3, -0.25) is 0 Å². The highest BCUT2D eigenvalue weighted by Gasteiger charge is 2.66. The molecule has 0 spiro atoms. The van der Waals surface area contributed by atoms with E-state index in [0.717, 1.165) is 56.9 Å². The van der Waals surface area contributed by atoms with E-state index >= 15 is 0 Å². The lowest BCUT2D eigenvalue weighted by Crippen LogP contribution is -2.60. The molecule has 0 aromatic heterocycles. The van der Waals surface area contributed by atoms with Crippen LogP contribution in [0.4, 0.5) is 0 Å². The van der Waals surface area contributed by atoms with Gasteiger partial charge in [-0.25, -0.2) is 4.79 Å². The Morgan fingerprint density at radius 2 is 1.76 bits per heavy atom. The number of carbonyl (C=O) groups excluding carboxylic acids is 1. The Morgan fingerprint density at radius 1 is 0.976 bits per heavy atom. The minimum Gasteiger partial charge on any atom is -0.465 e. The molecule has 1 heterocycles. The molecule has 8 heteroatoms. The fourth-order valence-electron chi connectivity index (χ4n) is 9.61. The van der Waals surface area contributed by atoms with E-state index < -0.39 is 36.3 Å². The standard InChI is InChI=1S/C33H46O8/c1-18-26(34)27(35)28(36)30(40-18)41-22-10-13-31(2)21(17-22)8-9-25-24(31)11-14-32(3)23(12-15-33(25,32)38)19-6-5-7-20(16-19)29(37)39-4/h5-7,16-18,22-28,30,34-36,38H,8-15H2,1-4H3/t18-,22-,23+,24-,25+,26-,27+,28+,30-,31-,32+,33-/m0/s1. The van der Waals surface area contributed by atoms with E-state index in [9.17, 15) is 25.2 Å². The molecule has 4 N–H and O–H groups in total. The molecule has 0 bridgehead atoms. The van der Waals surface area contributed by atoms with Crippen molar-refractivity contribution in [1.82, 2.24) is 0 Å². The molecular weight excluding hydrogens is 524 g/mol. The summed E-state index contributed by atoms with van der Waals surface area (Å²) >= 11 is 0. The van der Waals surface area contributed by atoms with E-state index in [0.29, 0.717) is 11.5 Å². The molecule has 41 heavy (non-hydrogen) atoms. The maximum absolute atomic E-state index is 12.6. The number of carbonyl (C=O) groups is 1. The van der Waals surface area contributed by atoms with Crippen molar-refractivity contribution in [2.75, 3.05) is 7.11 Å². The van der Waals surface area contributed by atoms with Crippen molar-refractivity contribution in [3.8, 4) is 0 Å². The molecule has 4 fully saturated rings. The fourth-order valence-corrected chi connectivity index (χ4v) is 9.61. The summed E-state index contributed by atoms with van der Waals surface area (Å²) in [5.41, 5.74) is 1.97. The molecule has 6 rings (SSSR count). The third kappa shape index (κ3) is 4.44. The first-order chi connectivity index (χ1) is 19.4. The van der Waals surface area contributed by atoms with Crippen molar-refractivity contribution in [2.24, 2.45) is 22.7 Å². The number of hydrogen-bond donors (Lipinski definition) is 4. The van der Waals surface area contributed by atoms with E-state index in [-0.39, 0.29) is 34.7 Å². The molecule has 0 unspecified atom stereocenters. The molecule has 3 saturated carbocycles. The average molecular weight is 571 g/mol. The van der Waals surface area contributed by atoms with E-state index in [4.69, 9.17) is 14.2 Å². The quantitative estimate of drug-likeness (QED) is 0.318. The number of ether oxygens (including phenoxy) is 3. The number of benzene rings is 1. The predicted molar refractivity (Wildman–Crippen MR) is 151 cm³/mol. The lowest BCUT2D eigenvalue weighted by Gasteiger charge is -2.62. The topological polar surface area (TPSA) is 126 Å². The van der Waals surface area contributed by atoms with E-state index in [1.807, 2.05) is 12.1 Å². The zero-order chi connectivity index (χ0) is 29.3. The Hall–Kier alpha value is -1.81. The van der Waals surface area contributed by atoms with Crippen LogP contribution in [0.1, 0.15) is 94.0 Å². The van der Waals surface area contributed by atoms with Gasteiger partial charge in [0.1, 0.15) is 18.3 Å². The SMILES string of the molecule is COC(=O)c1cccc([C@H]2CC[C@]3(O)[C@@H]4CCC5=C[C@@H](O[C@@H]6O[C@@H](C)[C@H](O)[C@@H](O)[C@H]6O)CC[C@]5(C)[C@H]4CC[C@]23C)c1. The number of rotatable bonds is 4. The van der Waals surface area contributed by atoms with Crippen LogP contribution in [0.2, 0.25) is 0 Å². The molecule has 226 valence electrons. The van der Waals surface area contributed by atoms with Gasteiger partial charge in [-0.15, -0.1) is 0 Å². The van der Waals surface area contributed by atoms with Crippen LogP contribution < -0.4 is 0 Å². The van der Waals surface area contributed by atoms with Gasteiger partial charge in [0.2, 0.25) is 0 Å². The largest absolute Gasteiger partial charge is 0.465 e. The van der Waals surface area contributed by atoms with Crippen LogP contribution in [0.3, 0.4) is 0 Å². The highest BCUT2D eigenvalue weighted by Crippen LogP contribution is 2.70. The first-order valence-electron chi connectivity index (χ1n) is 15.4. The number of methoxy groups -OCH3 is 1. The summed E-state index contributed by atoms with van der Waals surface area (Å²) in [6, 6.07) is 7.77. The van der Waals surface area contributed by atoms with Gasteiger partial charge in [-0.1, -0.05) is 37.6 Å². The van der Waals surface area contributed by atoms with Crippen molar-refractivity contribution in [3.05, 3.63) is 47.0 Å². The number of aliphatic hydroxyl groups excluding tert-OH is 3. The third-order valence-electron chi connectivity index (χ3n) is 12.1. The van der Waals surface area contributed by atoms with E-state index in [1.165, 1.54) is 12.7 Å². The van der Waals surface area contributed by atoms with Gasteiger partial charge in [0, 0.05) is 5.41 Å². The van der Waals surface area contributed by atoms with Crippen LogP contribution >= 0.6 is 0 Å². The Kier molecular flexibility index (Phi) is 7.44. The van der Waals surface area contributed by atoms with Gasteiger partial charge >= 0.3 is 5.97 Å². The number of hydrogen-bond acceptors (Lipinski definition) is 8. The van der Waals surface area contributed by atoms with Crippen molar-refractivity contribution < 1.29 is 39.4 Å². The number of allylic oxidation sites excluding steroid dienone is 1. The van der Waals surface area contributed by atoms with E-state index in [1.54, 1.807) is 13.0 Å². The van der Waals surface area contributed by atoms with Gasteiger partial charge < -0.3 is 34.6 Å². The lowest BCUT2D eigenvalue weighted by atomic mass is 9.45. The second kappa shape index (κ2) is 10.4. The van der Waals surface area contributed by atoms with Crippen LogP contribution in [0.5, 0.6) is 0 Å². The van der Waals surface area contributed by atoms with Crippen LogP contribution in [-0.2, 0) is 14.2 Å². The van der Waals surface area contributed by atoms with Gasteiger partial charge in [0.25, 0.3) is 0 Å². The van der Waals surface area contributed by atoms with Crippen LogP contribution in [0, 0.1) is 22.7 Å². The maximum Gasteiger partial charge on any atom is 0.337 e. The molecular formula is C33H46O8.